The SMILES string of the molecule is CN1CC(CN(C)CC(F)(F)CN)C1. The van der Waals surface area contributed by atoms with Gasteiger partial charge in [-0.2, -0.15) is 0 Å². The average Bonchev–Trinajstić information content (AvgIpc) is 2.00. The smallest absolute Gasteiger partial charge is 0.272 e. The second kappa shape index (κ2) is 4.51. The minimum atomic E-state index is -2.75. The zero-order valence-corrected chi connectivity index (χ0v) is 8.84. The minimum Gasteiger partial charge on any atom is -0.325 e. The Morgan fingerprint density at radius 2 is 2.07 bits per heavy atom. The van der Waals surface area contributed by atoms with E-state index < -0.39 is 12.5 Å². The van der Waals surface area contributed by atoms with Crippen molar-refractivity contribution in [3.8, 4) is 0 Å². The maximum Gasteiger partial charge on any atom is 0.272 e. The van der Waals surface area contributed by atoms with E-state index in [-0.39, 0.29) is 6.54 Å². The van der Waals surface area contributed by atoms with Crippen molar-refractivity contribution in [2.24, 2.45) is 11.7 Å². The summed E-state index contributed by atoms with van der Waals surface area (Å²) in [5, 5.41) is 0. The summed E-state index contributed by atoms with van der Waals surface area (Å²) in [7, 11) is 3.76. The van der Waals surface area contributed by atoms with Crippen LogP contribution in [0.25, 0.3) is 0 Å². The maximum absolute atomic E-state index is 12.9. The van der Waals surface area contributed by atoms with Gasteiger partial charge in [-0.1, -0.05) is 0 Å². The molecule has 0 saturated carbocycles. The highest BCUT2D eigenvalue weighted by molar-refractivity contribution is 4.81. The Morgan fingerprint density at radius 3 is 2.50 bits per heavy atom. The van der Waals surface area contributed by atoms with Crippen molar-refractivity contribution in [1.29, 1.82) is 0 Å². The number of halogens is 2. The van der Waals surface area contributed by atoms with E-state index in [1.165, 1.54) is 0 Å². The highest BCUT2D eigenvalue weighted by atomic mass is 19.3. The molecule has 0 aliphatic carbocycles. The van der Waals surface area contributed by atoms with Gasteiger partial charge in [0.15, 0.2) is 0 Å². The molecule has 0 aromatic carbocycles. The molecule has 84 valence electrons. The van der Waals surface area contributed by atoms with E-state index in [0.29, 0.717) is 5.92 Å². The number of hydrogen-bond acceptors (Lipinski definition) is 3. The summed E-state index contributed by atoms with van der Waals surface area (Å²) >= 11 is 0. The molecule has 0 aromatic rings. The van der Waals surface area contributed by atoms with Crippen molar-refractivity contribution in [2.75, 3.05) is 46.8 Å². The van der Waals surface area contributed by atoms with Gasteiger partial charge in [0.25, 0.3) is 5.92 Å². The molecule has 1 saturated heterocycles. The summed E-state index contributed by atoms with van der Waals surface area (Å²) < 4.78 is 25.8. The first kappa shape index (κ1) is 11.8. The molecule has 0 atom stereocenters. The molecule has 1 aliphatic rings. The maximum atomic E-state index is 12.9. The van der Waals surface area contributed by atoms with E-state index in [1.807, 2.05) is 7.05 Å². The molecule has 3 nitrogen and oxygen atoms in total. The summed E-state index contributed by atoms with van der Waals surface area (Å²) in [6.07, 6.45) is 0. The normalized spacial score (nSPS) is 20.1. The fourth-order valence-electron chi connectivity index (χ4n) is 1.91. The molecule has 0 bridgehead atoms. The molecule has 0 radical (unpaired) electrons. The largest absolute Gasteiger partial charge is 0.325 e. The Morgan fingerprint density at radius 1 is 1.50 bits per heavy atom. The lowest BCUT2D eigenvalue weighted by atomic mass is 10.0. The summed E-state index contributed by atoms with van der Waals surface area (Å²) in [6, 6.07) is 0. The minimum absolute atomic E-state index is 0.232. The Bertz CT molecular complexity index is 181. The second-order valence-electron chi connectivity index (χ2n) is 4.34. The van der Waals surface area contributed by atoms with Crippen LogP contribution in [0.2, 0.25) is 0 Å². The fourth-order valence-corrected chi connectivity index (χ4v) is 1.91. The van der Waals surface area contributed by atoms with Gasteiger partial charge in [-0.05, 0) is 20.0 Å². The predicted octanol–water partition coefficient (Wildman–Crippen LogP) is 0.0738. The fraction of sp³-hybridized carbons (Fsp3) is 1.00. The molecule has 14 heavy (non-hydrogen) atoms. The Hall–Kier alpha value is -0.260. The lowest BCUT2D eigenvalue weighted by Crippen LogP contribution is -2.50. The van der Waals surface area contributed by atoms with Crippen molar-refractivity contribution >= 4 is 0 Å². The number of nitrogens with two attached hydrogens (primary N) is 1. The average molecular weight is 207 g/mol. The van der Waals surface area contributed by atoms with Crippen LogP contribution in [0.1, 0.15) is 0 Å². The summed E-state index contributed by atoms with van der Waals surface area (Å²) in [6.45, 7) is 1.96. The highest BCUT2D eigenvalue weighted by Gasteiger charge is 2.31. The molecule has 1 fully saturated rings. The molecule has 0 aromatic heterocycles. The van der Waals surface area contributed by atoms with E-state index in [2.05, 4.69) is 4.90 Å². The van der Waals surface area contributed by atoms with Gasteiger partial charge in [-0.3, -0.25) is 0 Å². The van der Waals surface area contributed by atoms with Crippen molar-refractivity contribution in [2.45, 2.75) is 5.92 Å². The van der Waals surface area contributed by atoms with Gasteiger partial charge in [0, 0.05) is 19.6 Å². The second-order valence-corrected chi connectivity index (χ2v) is 4.34. The first-order valence-corrected chi connectivity index (χ1v) is 4.88. The van der Waals surface area contributed by atoms with E-state index in [1.54, 1.807) is 11.9 Å². The van der Waals surface area contributed by atoms with Crippen LogP contribution in [0.15, 0.2) is 0 Å². The molecule has 1 rings (SSSR count). The van der Waals surface area contributed by atoms with Gasteiger partial charge in [-0.15, -0.1) is 0 Å². The van der Waals surface area contributed by atoms with Gasteiger partial charge in [0.05, 0.1) is 13.1 Å². The third-order valence-corrected chi connectivity index (χ3v) is 2.51. The molecule has 0 amide bonds. The first-order chi connectivity index (χ1) is 6.43. The topological polar surface area (TPSA) is 32.5 Å². The van der Waals surface area contributed by atoms with Crippen molar-refractivity contribution in [3.63, 3.8) is 0 Å². The Labute approximate surface area is 83.8 Å². The van der Waals surface area contributed by atoms with Gasteiger partial charge >= 0.3 is 0 Å². The molecule has 1 aliphatic heterocycles. The van der Waals surface area contributed by atoms with E-state index in [4.69, 9.17) is 5.73 Å². The Kier molecular flexibility index (Phi) is 3.80. The van der Waals surface area contributed by atoms with Crippen molar-refractivity contribution < 1.29 is 8.78 Å². The van der Waals surface area contributed by atoms with Crippen LogP contribution in [0.3, 0.4) is 0 Å². The van der Waals surface area contributed by atoms with Crippen molar-refractivity contribution in [3.05, 3.63) is 0 Å². The zero-order chi connectivity index (χ0) is 10.8. The van der Waals surface area contributed by atoms with E-state index in [0.717, 1.165) is 19.6 Å². The number of nitrogens with zero attached hydrogens (tertiary/aromatic N) is 2. The molecule has 0 spiro atoms. The van der Waals surface area contributed by atoms with Gasteiger partial charge in [-0.25, -0.2) is 8.78 Å². The molecule has 5 heteroatoms. The highest BCUT2D eigenvalue weighted by Crippen LogP contribution is 2.17. The number of hydrogen-bond donors (Lipinski definition) is 1. The van der Waals surface area contributed by atoms with Crippen LogP contribution in [-0.2, 0) is 0 Å². The number of rotatable bonds is 5. The first-order valence-electron chi connectivity index (χ1n) is 4.88. The lowest BCUT2D eigenvalue weighted by molar-refractivity contribution is -0.0264. The zero-order valence-electron chi connectivity index (χ0n) is 8.84. The van der Waals surface area contributed by atoms with Crippen LogP contribution in [0.5, 0.6) is 0 Å². The van der Waals surface area contributed by atoms with Gasteiger partial charge in [0.2, 0.25) is 0 Å². The standard InChI is InChI=1S/C9H19F2N3/c1-13-3-8(4-13)5-14(2)7-9(10,11)6-12/h8H,3-7,12H2,1-2H3. The number of likely N-dealkylation sites (tertiary alicyclic amines) is 1. The molecule has 1 heterocycles. The van der Waals surface area contributed by atoms with Gasteiger partial charge in [0.1, 0.15) is 0 Å². The van der Waals surface area contributed by atoms with Crippen LogP contribution in [-0.4, -0.2) is 62.5 Å². The van der Waals surface area contributed by atoms with E-state index in [9.17, 15) is 8.78 Å². The van der Waals surface area contributed by atoms with Crippen molar-refractivity contribution in [1.82, 2.24) is 9.80 Å². The number of alkyl halides is 2. The van der Waals surface area contributed by atoms with Crippen LogP contribution in [0.4, 0.5) is 8.78 Å². The summed E-state index contributed by atoms with van der Waals surface area (Å²) in [4.78, 5) is 3.85. The van der Waals surface area contributed by atoms with Gasteiger partial charge < -0.3 is 15.5 Å². The lowest BCUT2D eigenvalue weighted by Gasteiger charge is -2.38. The molecule has 0 unspecified atom stereocenters. The monoisotopic (exact) mass is 207 g/mol. The van der Waals surface area contributed by atoms with Crippen LogP contribution in [0, 0.1) is 5.92 Å². The quantitative estimate of drug-likeness (QED) is 0.692. The van der Waals surface area contributed by atoms with E-state index >= 15 is 0 Å². The Balaban J connectivity index is 2.19. The summed E-state index contributed by atoms with van der Waals surface area (Å²) in [5.41, 5.74) is 4.97. The third-order valence-electron chi connectivity index (χ3n) is 2.51. The van der Waals surface area contributed by atoms with Crippen LogP contribution < -0.4 is 5.73 Å². The molecular weight excluding hydrogens is 188 g/mol. The predicted molar refractivity (Wildman–Crippen MR) is 52.5 cm³/mol. The molecule has 2 N–H and O–H groups in total. The van der Waals surface area contributed by atoms with Crippen LogP contribution >= 0.6 is 0 Å². The summed E-state index contributed by atoms with van der Waals surface area (Å²) in [5.74, 6) is -2.21. The molecular formula is C9H19F2N3. The third kappa shape index (κ3) is 3.48.